The van der Waals surface area contributed by atoms with Gasteiger partial charge in [0.05, 0.1) is 12.1 Å². The maximum absolute atomic E-state index is 13.2. The van der Waals surface area contributed by atoms with Gasteiger partial charge in [-0.15, -0.1) is 0 Å². The van der Waals surface area contributed by atoms with Gasteiger partial charge in [0.25, 0.3) is 5.91 Å². The van der Waals surface area contributed by atoms with Crippen molar-refractivity contribution >= 4 is 11.9 Å². The van der Waals surface area contributed by atoms with Crippen molar-refractivity contribution < 1.29 is 9.18 Å². The summed E-state index contributed by atoms with van der Waals surface area (Å²) < 4.78 is 13.2. The van der Waals surface area contributed by atoms with Gasteiger partial charge in [0, 0.05) is 18.0 Å². The zero-order chi connectivity index (χ0) is 14.4. The lowest BCUT2D eigenvalue weighted by Gasteiger charge is -2.05. The summed E-state index contributed by atoms with van der Waals surface area (Å²) in [6.07, 6.45) is 3.00. The quantitative estimate of drug-likeness (QED) is 0.803. The van der Waals surface area contributed by atoms with Crippen LogP contribution in [0.2, 0.25) is 0 Å². The van der Waals surface area contributed by atoms with Gasteiger partial charge in [0.15, 0.2) is 0 Å². The Morgan fingerprint density at radius 2 is 2.10 bits per heavy atom. The van der Waals surface area contributed by atoms with Gasteiger partial charge in [-0.3, -0.25) is 10.1 Å². The van der Waals surface area contributed by atoms with E-state index < -0.39 is 11.7 Å². The van der Waals surface area contributed by atoms with Crippen LogP contribution in [0.15, 0.2) is 36.7 Å². The van der Waals surface area contributed by atoms with Crippen LogP contribution in [0.5, 0.6) is 0 Å². The van der Waals surface area contributed by atoms with Gasteiger partial charge in [-0.2, -0.15) is 0 Å². The molecule has 100 valence electrons. The molecule has 0 fully saturated rings. The molecule has 5 nitrogen and oxygen atoms in total. The topological polar surface area (TPSA) is 80.9 Å². The summed E-state index contributed by atoms with van der Waals surface area (Å²) in [6.45, 7) is 0.124. The highest BCUT2D eigenvalue weighted by Crippen LogP contribution is 2.12. The monoisotopic (exact) mass is 270 g/mol. The van der Waals surface area contributed by atoms with Gasteiger partial charge in [-0.1, -0.05) is 11.8 Å². The van der Waals surface area contributed by atoms with Gasteiger partial charge in [0.2, 0.25) is 5.95 Å². The summed E-state index contributed by atoms with van der Waals surface area (Å²) in [6, 6.07) is 5.36. The third-order valence-corrected chi connectivity index (χ3v) is 2.34. The summed E-state index contributed by atoms with van der Waals surface area (Å²) >= 11 is 0. The van der Waals surface area contributed by atoms with Gasteiger partial charge >= 0.3 is 0 Å². The molecule has 1 aromatic heterocycles. The smallest absolute Gasteiger partial charge is 0.259 e. The van der Waals surface area contributed by atoms with Crippen molar-refractivity contribution in [3.8, 4) is 11.8 Å². The van der Waals surface area contributed by atoms with Gasteiger partial charge in [-0.25, -0.2) is 14.4 Å². The Morgan fingerprint density at radius 1 is 1.35 bits per heavy atom. The van der Waals surface area contributed by atoms with Crippen molar-refractivity contribution in [3.05, 3.63) is 53.6 Å². The maximum Gasteiger partial charge on any atom is 0.259 e. The number of hydrogen-bond donors (Lipinski definition) is 2. The van der Waals surface area contributed by atoms with E-state index in [1.165, 1.54) is 30.6 Å². The lowest BCUT2D eigenvalue weighted by atomic mass is 10.1. The molecule has 2 rings (SSSR count). The molecule has 0 aliphatic heterocycles. The SMILES string of the molecule is NCC#Cc1cc(F)ccc1C(=O)Nc1ncccn1. The first-order valence-electron chi connectivity index (χ1n) is 5.77. The average molecular weight is 270 g/mol. The number of anilines is 1. The summed E-state index contributed by atoms with van der Waals surface area (Å²) in [5, 5.41) is 2.51. The molecule has 20 heavy (non-hydrogen) atoms. The van der Waals surface area contributed by atoms with Crippen LogP contribution in [0.3, 0.4) is 0 Å². The Hall–Kier alpha value is -2.78. The molecule has 1 amide bonds. The van der Waals surface area contributed by atoms with Crippen molar-refractivity contribution in [2.45, 2.75) is 0 Å². The molecule has 0 bridgehead atoms. The Kier molecular flexibility index (Phi) is 4.37. The maximum atomic E-state index is 13.2. The lowest BCUT2D eigenvalue weighted by molar-refractivity contribution is 0.102. The molecule has 0 saturated heterocycles. The molecule has 3 N–H and O–H groups in total. The van der Waals surface area contributed by atoms with E-state index in [0.717, 1.165) is 0 Å². The zero-order valence-corrected chi connectivity index (χ0v) is 10.4. The highest BCUT2D eigenvalue weighted by molar-refractivity contribution is 6.05. The number of nitrogens with two attached hydrogens (primary N) is 1. The van der Waals surface area contributed by atoms with Crippen molar-refractivity contribution in [3.63, 3.8) is 0 Å². The number of benzene rings is 1. The first-order valence-corrected chi connectivity index (χ1v) is 5.77. The van der Waals surface area contributed by atoms with Crippen LogP contribution in [-0.4, -0.2) is 22.4 Å². The van der Waals surface area contributed by atoms with E-state index in [4.69, 9.17) is 5.73 Å². The second-order valence-corrected chi connectivity index (χ2v) is 3.72. The summed E-state index contributed by atoms with van der Waals surface area (Å²) in [5.41, 5.74) is 5.78. The van der Waals surface area contributed by atoms with E-state index in [1.54, 1.807) is 6.07 Å². The van der Waals surface area contributed by atoms with Crippen LogP contribution in [0.25, 0.3) is 0 Å². The Bertz CT molecular complexity index is 677. The van der Waals surface area contributed by atoms with Crippen LogP contribution in [0.4, 0.5) is 10.3 Å². The number of nitrogens with zero attached hydrogens (tertiary/aromatic N) is 2. The van der Waals surface area contributed by atoms with Crippen LogP contribution in [0.1, 0.15) is 15.9 Å². The van der Waals surface area contributed by atoms with Crippen molar-refractivity contribution in [1.29, 1.82) is 0 Å². The molecule has 1 heterocycles. The lowest BCUT2D eigenvalue weighted by Crippen LogP contribution is -2.15. The third-order valence-electron chi connectivity index (χ3n) is 2.34. The summed E-state index contributed by atoms with van der Waals surface area (Å²) in [5.74, 6) is 4.49. The fourth-order valence-electron chi connectivity index (χ4n) is 1.50. The van der Waals surface area contributed by atoms with E-state index in [0.29, 0.717) is 0 Å². The predicted octanol–water partition coefficient (Wildman–Crippen LogP) is 1.18. The van der Waals surface area contributed by atoms with Crippen LogP contribution in [-0.2, 0) is 0 Å². The molecular weight excluding hydrogens is 259 g/mol. The van der Waals surface area contributed by atoms with Crippen molar-refractivity contribution in [2.75, 3.05) is 11.9 Å². The Balaban J connectivity index is 2.30. The second kappa shape index (κ2) is 6.41. The average Bonchev–Trinajstić information content (AvgIpc) is 2.46. The normalized spacial score (nSPS) is 9.50. The molecule has 0 unspecified atom stereocenters. The number of halogens is 1. The van der Waals surface area contributed by atoms with Gasteiger partial charge in [-0.05, 0) is 24.3 Å². The van der Waals surface area contributed by atoms with Crippen LogP contribution >= 0.6 is 0 Å². The molecular formula is C14H11FN4O. The van der Waals surface area contributed by atoms with Crippen molar-refractivity contribution in [2.24, 2.45) is 5.73 Å². The molecule has 0 radical (unpaired) electrons. The Morgan fingerprint density at radius 3 is 2.80 bits per heavy atom. The molecule has 6 heteroatoms. The number of amides is 1. The molecule has 0 atom stereocenters. The molecule has 0 aliphatic carbocycles. The largest absolute Gasteiger partial charge is 0.320 e. The van der Waals surface area contributed by atoms with Crippen LogP contribution < -0.4 is 11.1 Å². The molecule has 1 aromatic carbocycles. The summed E-state index contributed by atoms with van der Waals surface area (Å²) in [4.78, 5) is 19.9. The molecule has 2 aromatic rings. The minimum atomic E-state index is -0.473. The standard InChI is InChI=1S/C14H11FN4O/c15-11-4-5-12(10(9-11)3-1-6-16)13(20)19-14-17-7-2-8-18-14/h2,4-5,7-9H,6,16H2,(H,17,18,19,20). The van der Waals surface area contributed by atoms with Gasteiger partial charge < -0.3 is 5.73 Å². The highest BCUT2D eigenvalue weighted by atomic mass is 19.1. The van der Waals surface area contributed by atoms with E-state index in [1.807, 2.05) is 0 Å². The molecule has 0 aliphatic rings. The highest BCUT2D eigenvalue weighted by Gasteiger charge is 2.12. The predicted molar refractivity (Wildman–Crippen MR) is 72.3 cm³/mol. The minimum Gasteiger partial charge on any atom is -0.320 e. The zero-order valence-electron chi connectivity index (χ0n) is 10.4. The molecule has 0 spiro atoms. The van der Waals surface area contributed by atoms with Crippen molar-refractivity contribution in [1.82, 2.24) is 9.97 Å². The number of rotatable bonds is 2. The number of carbonyl (C=O) groups is 1. The summed E-state index contributed by atoms with van der Waals surface area (Å²) in [7, 11) is 0. The van der Waals surface area contributed by atoms with E-state index in [9.17, 15) is 9.18 Å². The number of nitrogens with one attached hydrogen (secondary N) is 1. The first kappa shape index (κ1) is 13.6. The fourth-order valence-corrected chi connectivity index (χ4v) is 1.50. The number of aromatic nitrogens is 2. The number of hydrogen-bond acceptors (Lipinski definition) is 4. The van der Waals surface area contributed by atoms with Gasteiger partial charge in [0.1, 0.15) is 5.82 Å². The third kappa shape index (κ3) is 3.37. The Labute approximate surface area is 115 Å². The fraction of sp³-hybridized carbons (Fsp3) is 0.0714. The molecule has 0 saturated carbocycles. The number of carbonyl (C=O) groups excluding carboxylic acids is 1. The minimum absolute atomic E-state index is 0.124. The first-order chi connectivity index (χ1) is 9.70. The van der Waals surface area contributed by atoms with Crippen LogP contribution in [0, 0.1) is 17.7 Å². The second-order valence-electron chi connectivity index (χ2n) is 3.72. The van der Waals surface area contributed by atoms with E-state index in [-0.39, 0.29) is 23.6 Å². The van der Waals surface area contributed by atoms with E-state index >= 15 is 0 Å². The van der Waals surface area contributed by atoms with E-state index in [2.05, 4.69) is 27.1 Å².